The Hall–Kier alpha value is -2.15. The lowest BCUT2D eigenvalue weighted by Crippen LogP contribution is -2.46. The van der Waals surface area contributed by atoms with Crippen LogP contribution in [0.1, 0.15) is 31.4 Å². The number of hydrogen-bond donors (Lipinski definition) is 2. The minimum atomic E-state index is -1.16. The molecule has 124 valence electrons. The van der Waals surface area contributed by atoms with Gasteiger partial charge in [0, 0.05) is 0 Å². The van der Waals surface area contributed by atoms with E-state index >= 15 is 0 Å². The maximum Gasteiger partial charge on any atom is 0.325 e. The first-order chi connectivity index (χ1) is 10.9. The molecule has 3 amide bonds. The number of urea groups is 1. The van der Waals surface area contributed by atoms with Crippen LogP contribution in [0.4, 0.5) is 9.18 Å². The second kappa shape index (κ2) is 5.49. The van der Waals surface area contributed by atoms with Crippen LogP contribution in [0.25, 0.3) is 0 Å². The minimum Gasteiger partial charge on any atom is -0.494 e. The second-order valence-electron chi connectivity index (χ2n) is 6.23. The summed E-state index contributed by atoms with van der Waals surface area (Å²) in [6, 6.07) is 3.53. The predicted octanol–water partition coefficient (Wildman–Crippen LogP) is 1.59. The number of carbonyl (C=O) groups is 2. The van der Waals surface area contributed by atoms with Crippen LogP contribution in [-0.4, -0.2) is 41.1 Å². The van der Waals surface area contributed by atoms with E-state index in [0.29, 0.717) is 0 Å². The zero-order valence-corrected chi connectivity index (χ0v) is 13.0. The standard InChI is InChI=1S/C16H19FN2O4/c1-16(10-4-5-10)14(21)19(15(22)18-16)8-12(20)9-3-6-13(23-2)11(17)7-9/h3,6-7,10,12,20H,4-5,8H2,1-2H3,(H,18,22)/t12-,16+/m0/s1. The summed E-state index contributed by atoms with van der Waals surface area (Å²) in [5.41, 5.74) is -0.606. The van der Waals surface area contributed by atoms with Gasteiger partial charge in [0.1, 0.15) is 5.54 Å². The number of aliphatic hydroxyl groups excluding tert-OH is 1. The molecule has 0 radical (unpaired) electrons. The Labute approximate surface area is 133 Å². The molecule has 1 aromatic rings. The molecule has 1 aliphatic heterocycles. The van der Waals surface area contributed by atoms with Gasteiger partial charge in [-0.15, -0.1) is 0 Å². The van der Waals surface area contributed by atoms with Gasteiger partial charge in [0.05, 0.1) is 19.8 Å². The van der Waals surface area contributed by atoms with Gasteiger partial charge >= 0.3 is 6.03 Å². The maximum absolute atomic E-state index is 13.7. The molecule has 1 heterocycles. The van der Waals surface area contributed by atoms with E-state index in [0.717, 1.165) is 23.8 Å². The smallest absolute Gasteiger partial charge is 0.325 e. The van der Waals surface area contributed by atoms with E-state index in [2.05, 4.69) is 5.32 Å². The summed E-state index contributed by atoms with van der Waals surface area (Å²) in [5, 5.41) is 13.0. The number of halogens is 1. The van der Waals surface area contributed by atoms with E-state index in [4.69, 9.17) is 4.74 Å². The summed E-state index contributed by atoms with van der Waals surface area (Å²) in [6.07, 6.45) is 0.650. The third-order valence-corrected chi connectivity index (χ3v) is 4.61. The van der Waals surface area contributed by atoms with Gasteiger partial charge in [-0.1, -0.05) is 6.07 Å². The topological polar surface area (TPSA) is 78.9 Å². The van der Waals surface area contributed by atoms with E-state index in [1.165, 1.54) is 19.2 Å². The first-order valence-corrected chi connectivity index (χ1v) is 7.52. The summed E-state index contributed by atoms with van der Waals surface area (Å²) < 4.78 is 18.5. The van der Waals surface area contributed by atoms with Crippen molar-refractivity contribution in [2.75, 3.05) is 13.7 Å². The highest BCUT2D eigenvalue weighted by Crippen LogP contribution is 2.42. The van der Waals surface area contributed by atoms with Crippen LogP contribution in [-0.2, 0) is 4.79 Å². The molecule has 0 spiro atoms. The summed E-state index contributed by atoms with van der Waals surface area (Å²) in [6.45, 7) is 1.50. The van der Waals surface area contributed by atoms with Gasteiger partial charge in [-0.3, -0.25) is 9.69 Å². The van der Waals surface area contributed by atoms with E-state index in [9.17, 15) is 19.1 Å². The molecule has 7 heteroatoms. The maximum atomic E-state index is 13.7. The summed E-state index contributed by atoms with van der Waals surface area (Å²) in [5.74, 6) is -0.723. The molecule has 2 aliphatic rings. The summed E-state index contributed by atoms with van der Waals surface area (Å²) >= 11 is 0. The lowest BCUT2D eigenvalue weighted by molar-refractivity contribution is -0.132. The monoisotopic (exact) mass is 322 g/mol. The molecule has 1 saturated heterocycles. The van der Waals surface area contributed by atoms with Crippen molar-refractivity contribution >= 4 is 11.9 Å². The van der Waals surface area contributed by atoms with Crippen LogP contribution in [0, 0.1) is 11.7 Å². The molecule has 0 aromatic heterocycles. The van der Waals surface area contributed by atoms with Gasteiger partial charge in [0.15, 0.2) is 11.6 Å². The normalized spacial score (nSPS) is 25.5. The number of carbonyl (C=O) groups excluding carboxylic acids is 2. The molecule has 1 aliphatic carbocycles. The number of β-amino-alcohol motifs (C(OH)–C–C–N with tert-alkyl or cyclic N) is 1. The SMILES string of the molecule is COc1ccc([C@@H](O)CN2C(=O)N[C@](C)(C3CC3)C2=O)cc1F. The lowest BCUT2D eigenvalue weighted by Gasteiger charge is -2.22. The van der Waals surface area contributed by atoms with E-state index in [-0.39, 0.29) is 29.7 Å². The Balaban J connectivity index is 1.75. The fourth-order valence-electron chi connectivity index (χ4n) is 2.99. The number of nitrogens with zero attached hydrogens (tertiary/aromatic N) is 1. The molecule has 3 rings (SSSR count). The zero-order chi connectivity index (χ0) is 16.8. The van der Waals surface area contributed by atoms with Crippen molar-refractivity contribution in [1.29, 1.82) is 0 Å². The third kappa shape index (κ3) is 2.65. The number of imide groups is 1. The van der Waals surface area contributed by atoms with Crippen LogP contribution < -0.4 is 10.1 Å². The number of ether oxygens (including phenoxy) is 1. The lowest BCUT2D eigenvalue weighted by atomic mass is 9.96. The Bertz CT molecular complexity index is 661. The summed E-state index contributed by atoms with van der Waals surface area (Å²) in [4.78, 5) is 25.6. The highest BCUT2D eigenvalue weighted by Gasteiger charge is 2.56. The third-order valence-electron chi connectivity index (χ3n) is 4.61. The second-order valence-corrected chi connectivity index (χ2v) is 6.23. The first kappa shape index (κ1) is 15.7. The first-order valence-electron chi connectivity index (χ1n) is 7.52. The van der Waals surface area contributed by atoms with E-state index in [1.807, 2.05) is 0 Å². The fourth-order valence-corrected chi connectivity index (χ4v) is 2.99. The van der Waals surface area contributed by atoms with E-state index in [1.54, 1.807) is 6.92 Å². The number of amides is 3. The minimum absolute atomic E-state index is 0.0669. The Morgan fingerprint density at radius 3 is 2.74 bits per heavy atom. The Morgan fingerprint density at radius 2 is 2.17 bits per heavy atom. The zero-order valence-electron chi connectivity index (χ0n) is 13.0. The number of rotatable bonds is 5. The van der Waals surface area contributed by atoms with Crippen LogP contribution in [0.5, 0.6) is 5.75 Å². The Kier molecular flexibility index (Phi) is 3.75. The van der Waals surface area contributed by atoms with Crippen molar-refractivity contribution < 1.29 is 23.8 Å². The van der Waals surface area contributed by atoms with Gasteiger partial charge in [-0.05, 0) is 43.4 Å². The number of benzene rings is 1. The molecule has 1 aromatic carbocycles. The van der Waals surface area contributed by atoms with Crippen LogP contribution in [0.15, 0.2) is 18.2 Å². The highest BCUT2D eigenvalue weighted by molar-refractivity contribution is 6.07. The van der Waals surface area contributed by atoms with Crippen molar-refractivity contribution in [3.05, 3.63) is 29.6 Å². The summed E-state index contributed by atoms with van der Waals surface area (Å²) in [7, 11) is 1.35. The fraction of sp³-hybridized carbons (Fsp3) is 0.500. The number of methoxy groups -OCH3 is 1. The number of aliphatic hydroxyl groups is 1. The van der Waals surface area contributed by atoms with Gasteiger partial charge in [-0.2, -0.15) is 0 Å². The quantitative estimate of drug-likeness (QED) is 0.807. The molecule has 2 fully saturated rings. The molecule has 6 nitrogen and oxygen atoms in total. The largest absolute Gasteiger partial charge is 0.494 e. The van der Waals surface area contributed by atoms with Gasteiger partial charge in [-0.25, -0.2) is 9.18 Å². The highest BCUT2D eigenvalue weighted by atomic mass is 19.1. The molecule has 2 N–H and O–H groups in total. The van der Waals surface area contributed by atoms with Crippen molar-refractivity contribution in [2.45, 2.75) is 31.4 Å². The van der Waals surface area contributed by atoms with Gasteiger partial charge in [0.25, 0.3) is 5.91 Å². The number of hydrogen-bond acceptors (Lipinski definition) is 4. The average molecular weight is 322 g/mol. The van der Waals surface area contributed by atoms with Crippen molar-refractivity contribution in [1.82, 2.24) is 10.2 Å². The molecule has 0 unspecified atom stereocenters. The van der Waals surface area contributed by atoms with Crippen LogP contribution in [0.3, 0.4) is 0 Å². The van der Waals surface area contributed by atoms with Crippen LogP contribution in [0.2, 0.25) is 0 Å². The molecule has 23 heavy (non-hydrogen) atoms. The molecular formula is C16H19FN2O4. The van der Waals surface area contributed by atoms with Crippen LogP contribution >= 0.6 is 0 Å². The Morgan fingerprint density at radius 1 is 1.48 bits per heavy atom. The van der Waals surface area contributed by atoms with Gasteiger partial charge in [0.2, 0.25) is 0 Å². The van der Waals surface area contributed by atoms with E-state index < -0.39 is 23.5 Å². The van der Waals surface area contributed by atoms with Crippen molar-refractivity contribution in [2.24, 2.45) is 5.92 Å². The predicted molar refractivity (Wildman–Crippen MR) is 79.3 cm³/mol. The molecule has 2 atom stereocenters. The average Bonchev–Trinajstić information content (AvgIpc) is 3.33. The van der Waals surface area contributed by atoms with Gasteiger partial charge < -0.3 is 15.2 Å². The molecule has 1 saturated carbocycles. The molecular weight excluding hydrogens is 303 g/mol. The molecule has 0 bridgehead atoms. The number of nitrogens with one attached hydrogen (secondary N) is 1. The van der Waals surface area contributed by atoms with Crippen molar-refractivity contribution in [3.8, 4) is 5.75 Å². The van der Waals surface area contributed by atoms with Crippen molar-refractivity contribution in [3.63, 3.8) is 0 Å².